The van der Waals surface area contributed by atoms with E-state index in [-0.39, 0.29) is 5.57 Å². The highest BCUT2D eigenvalue weighted by Crippen LogP contribution is 2.33. The van der Waals surface area contributed by atoms with Crippen molar-refractivity contribution >= 4 is 35.3 Å². The van der Waals surface area contributed by atoms with Gasteiger partial charge < -0.3 is 9.47 Å². The fraction of sp³-hybridized carbons (Fsp3) is 0.147. The summed E-state index contributed by atoms with van der Waals surface area (Å²) in [5.41, 5.74) is 4.50. The number of anilines is 2. The molecule has 4 aromatic carbocycles. The zero-order chi connectivity index (χ0) is 28.9. The first-order chi connectivity index (χ1) is 19.9. The van der Waals surface area contributed by atoms with Crippen LogP contribution in [0.2, 0.25) is 0 Å². The largest absolute Gasteiger partial charge is 0.490 e. The molecule has 0 atom stereocenters. The number of urea groups is 1. The SMILES string of the molecule is CCOc1cc(C=C2C(=O)N(c3ccccc3)C(=O)N(c3ccccc3)C2=O)ccc1OCc1cc(C)cc(C)c1. The Morgan fingerprint density at radius 3 is 1.76 bits per heavy atom. The van der Waals surface area contributed by atoms with Crippen LogP contribution in [-0.4, -0.2) is 24.5 Å². The summed E-state index contributed by atoms with van der Waals surface area (Å²) in [6, 6.07) is 27.9. The first-order valence-electron chi connectivity index (χ1n) is 13.4. The lowest BCUT2D eigenvalue weighted by atomic mass is 10.0. The summed E-state index contributed by atoms with van der Waals surface area (Å²) >= 11 is 0. The quantitative estimate of drug-likeness (QED) is 0.178. The van der Waals surface area contributed by atoms with Crippen LogP contribution in [-0.2, 0) is 16.2 Å². The summed E-state index contributed by atoms with van der Waals surface area (Å²) in [4.78, 5) is 42.9. The van der Waals surface area contributed by atoms with Crippen molar-refractivity contribution in [2.45, 2.75) is 27.4 Å². The Labute approximate surface area is 239 Å². The maximum atomic E-state index is 13.7. The van der Waals surface area contributed by atoms with Crippen molar-refractivity contribution in [1.82, 2.24) is 0 Å². The fourth-order valence-electron chi connectivity index (χ4n) is 4.82. The van der Waals surface area contributed by atoms with E-state index in [9.17, 15) is 14.4 Å². The summed E-state index contributed by atoms with van der Waals surface area (Å²) in [7, 11) is 0. The standard InChI is InChI=1S/C34H30N2O5/c1-4-40-31-21-25(15-16-30(31)41-22-26-18-23(2)17-24(3)19-26)20-29-32(37)35(27-11-7-5-8-12-27)34(39)36(33(29)38)28-13-9-6-10-14-28/h5-21H,4,22H2,1-3H3. The molecule has 1 aliphatic rings. The van der Waals surface area contributed by atoms with Crippen LogP contribution in [0.3, 0.4) is 0 Å². The predicted octanol–water partition coefficient (Wildman–Crippen LogP) is 6.86. The van der Waals surface area contributed by atoms with Crippen molar-refractivity contribution in [1.29, 1.82) is 0 Å². The average molecular weight is 547 g/mol. The molecule has 1 saturated heterocycles. The molecule has 0 N–H and O–H groups in total. The molecule has 0 radical (unpaired) electrons. The molecule has 0 aliphatic carbocycles. The van der Waals surface area contributed by atoms with Gasteiger partial charge in [0.1, 0.15) is 12.2 Å². The van der Waals surface area contributed by atoms with E-state index in [1.165, 1.54) is 6.08 Å². The Hall–Kier alpha value is -5.17. The van der Waals surface area contributed by atoms with Crippen LogP contribution in [0.15, 0.2) is 103 Å². The molecule has 7 nitrogen and oxygen atoms in total. The van der Waals surface area contributed by atoms with Crippen molar-refractivity contribution in [2.24, 2.45) is 0 Å². The first-order valence-corrected chi connectivity index (χ1v) is 13.4. The lowest BCUT2D eigenvalue weighted by Crippen LogP contribution is -2.57. The first kappa shape index (κ1) is 27.4. The molecule has 41 heavy (non-hydrogen) atoms. The monoisotopic (exact) mass is 546 g/mol. The van der Waals surface area contributed by atoms with E-state index in [1.807, 2.05) is 20.8 Å². The van der Waals surface area contributed by atoms with E-state index in [0.717, 1.165) is 26.5 Å². The number of benzene rings is 4. The molecular weight excluding hydrogens is 516 g/mol. The molecule has 5 rings (SSSR count). The van der Waals surface area contributed by atoms with E-state index < -0.39 is 17.8 Å². The number of imide groups is 2. The normalized spacial score (nSPS) is 13.4. The highest BCUT2D eigenvalue weighted by molar-refractivity contribution is 6.46. The number of carbonyl (C=O) groups excluding carboxylic acids is 3. The van der Waals surface area contributed by atoms with Crippen molar-refractivity contribution in [3.63, 3.8) is 0 Å². The molecule has 1 fully saturated rings. The third-order valence-corrected chi connectivity index (χ3v) is 6.53. The molecule has 0 spiro atoms. The minimum atomic E-state index is -0.736. The molecule has 7 heteroatoms. The fourth-order valence-corrected chi connectivity index (χ4v) is 4.82. The van der Waals surface area contributed by atoms with Crippen molar-refractivity contribution in [2.75, 3.05) is 16.4 Å². The second-order valence-corrected chi connectivity index (χ2v) is 9.72. The summed E-state index contributed by atoms with van der Waals surface area (Å²) in [6.45, 7) is 6.72. The number of rotatable bonds is 8. The highest BCUT2D eigenvalue weighted by atomic mass is 16.5. The van der Waals surface area contributed by atoms with Gasteiger partial charge >= 0.3 is 6.03 Å². The van der Waals surface area contributed by atoms with Gasteiger partial charge in [-0.1, -0.05) is 71.8 Å². The Bertz CT molecular complexity index is 1550. The smallest absolute Gasteiger partial charge is 0.343 e. The van der Waals surface area contributed by atoms with E-state index in [2.05, 4.69) is 18.2 Å². The molecule has 4 amide bonds. The van der Waals surface area contributed by atoms with Crippen LogP contribution < -0.4 is 19.3 Å². The minimum Gasteiger partial charge on any atom is -0.490 e. The van der Waals surface area contributed by atoms with Crippen LogP contribution >= 0.6 is 0 Å². The number of ether oxygens (including phenoxy) is 2. The van der Waals surface area contributed by atoms with Crippen molar-refractivity contribution in [3.8, 4) is 11.5 Å². The van der Waals surface area contributed by atoms with Crippen LogP contribution in [0.25, 0.3) is 6.08 Å². The summed E-state index contributed by atoms with van der Waals surface area (Å²) < 4.78 is 12.0. The predicted molar refractivity (Wildman–Crippen MR) is 159 cm³/mol. The number of para-hydroxylation sites is 2. The molecule has 4 aromatic rings. The number of carbonyl (C=O) groups is 3. The number of amides is 4. The molecule has 0 aromatic heterocycles. The van der Waals surface area contributed by atoms with Gasteiger partial charge in [0, 0.05) is 0 Å². The van der Waals surface area contributed by atoms with Gasteiger partial charge in [-0.15, -0.1) is 0 Å². The zero-order valence-corrected chi connectivity index (χ0v) is 23.2. The van der Waals surface area contributed by atoms with Crippen LogP contribution in [0.4, 0.5) is 16.2 Å². The maximum absolute atomic E-state index is 13.7. The molecule has 1 heterocycles. The zero-order valence-electron chi connectivity index (χ0n) is 23.2. The number of hydrogen-bond donors (Lipinski definition) is 0. The number of aryl methyl sites for hydroxylation is 2. The Morgan fingerprint density at radius 2 is 1.22 bits per heavy atom. The molecule has 0 unspecified atom stereocenters. The van der Waals surface area contributed by atoms with Gasteiger partial charge in [-0.05, 0) is 74.4 Å². The van der Waals surface area contributed by atoms with Crippen molar-refractivity contribution < 1.29 is 23.9 Å². The van der Waals surface area contributed by atoms with Crippen LogP contribution in [0.5, 0.6) is 11.5 Å². The maximum Gasteiger partial charge on any atom is 0.343 e. The van der Waals surface area contributed by atoms with Gasteiger partial charge in [0.25, 0.3) is 11.8 Å². The van der Waals surface area contributed by atoms with Gasteiger partial charge in [0.05, 0.1) is 18.0 Å². The van der Waals surface area contributed by atoms with Crippen molar-refractivity contribution in [3.05, 3.63) is 125 Å². The van der Waals surface area contributed by atoms with Gasteiger partial charge in [0.15, 0.2) is 11.5 Å². The lowest BCUT2D eigenvalue weighted by Gasteiger charge is -2.33. The Morgan fingerprint density at radius 1 is 0.659 bits per heavy atom. The van der Waals surface area contributed by atoms with Crippen LogP contribution in [0.1, 0.15) is 29.2 Å². The minimum absolute atomic E-state index is 0.149. The molecule has 0 saturated carbocycles. The molecule has 1 aliphatic heterocycles. The number of barbiturate groups is 1. The van der Waals surface area contributed by atoms with E-state index in [1.54, 1.807) is 78.9 Å². The second-order valence-electron chi connectivity index (χ2n) is 9.72. The average Bonchev–Trinajstić information content (AvgIpc) is 2.96. The number of nitrogens with zero attached hydrogens (tertiary/aromatic N) is 2. The summed E-state index contributed by atoms with van der Waals surface area (Å²) in [6.07, 6.45) is 1.49. The molecule has 206 valence electrons. The lowest BCUT2D eigenvalue weighted by molar-refractivity contribution is -0.121. The Kier molecular flexibility index (Phi) is 7.97. The summed E-state index contributed by atoms with van der Waals surface area (Å²) in [5.74, 6) is -0.378. The van der Waals surface area contributed by atoms with Gasteiger partial charge in [-0.25, -0.2) is 14.6 Å². The van der Waals surface area contributed by atoms with Gasteiger partial charge in [-0.3, -0.25) is 9.59 Å². The molecule has 0 bridgehead atoms. The summed E-state index contributed by atoms with van der Waals surface area (Å²) in [5, 5.41) is 0. The molecular formula is C34H30N2O5. The third-order valence-electron chi connectivity index (χ3n) is 6.53. The van der Waals surface area contributed by atoms with E-state index in [0.29, 0.717) is 41.7 Å². The second kappa shape index (κ2) is 11.9. The topological polar surface area (TPSA) is 76.2 Å². The third kappa shape index (κ3) is 5.89. The number of hydrogen-bond acceptors (Lipinski definition) is 5. The van der Waals surface area contributed by atoms with E-state index in [4.69, 9.17) is 9.47 Å². The highest BCUT2D eigenvalue weighted by Gasteiger charge is 2.43. The van der Waals surface area contributed by atoms with Gasteiger partial charge in [-0.2, -0.15) is 0 Å². The van der Waals surface area contributed by atoms with Crippen LogP contribution in [0, 0.1) is 13.8 Å². The Balaban J connectivity index is 1.51. The van der Waals surface area contributed by atoms with E-state index >= 15 is 0 Å². The van der Waals surface area contributed by atoms with Gasteiger partial charge in [0.2, 0.25) is 0 Å².